The number of halogens is 2. The number of hydrogen-bond donors (Lipinski definition) is 1. The van der Waals surface area contributed by atoms with Crippen LogP contribution in [0.4, 0.5) is 10.1 Å². The van der Waals surface area contributed by atoms with Crippen LogP contribution in [0, 0.1) is 17.7 Å². The molecule has 3 heterocycles. The van der Waals surface area contributed by atoms with Gasteiger partial charge >= 0.3 is 0 Å². The van der Waals surface area contributed by atoms with Crippen molar-refractivity contribution in [1.29, 1.82) is 0 Å². The molecule has 0 aromatic heterocycles. The predicted molar refractivity (Wildman–Crippen MR) is 116 cm³/mol. The molecule has 1 aliphatic carbocycles. The minimum Gasteiger partial charge on any atom is -0.342 e. The topological polar surface area (TPSA) is 18.5 Å². The summed E-state index contributed by atoms with van der Waals surface area (Å²) in [5.74, 6) is 0.969. The fraction of sp³-hybridized carbons (Fsp3) is 0.591. The zero-order valence-electron chi connectivity index (χ0n) is 16.0. The van der Waals surface area contributed by atoms with Crippen molar-refractivity contribution in [3.8, 4) is 0 Å². The van der Waals surface area contributed by atoms with Crippen LogP contribution in [0.15, 0.2) is 29.8 Å². The van der Waals surface area contributed by atoms with Crippen LogP contribution < -0.4 is 5.32 Å². The fourth-order valence-corrected chi connectivity index (χ4v) is 6.47. The van der Waals surface area contributed by atoms with Crippen molar-refractivity contribution in [2.75, 3.05) is 25.0 Å². The first kappa shape index (κ1) is 18.8. The lowest BCUT2D eigenvalue weighted by Gasteiger charge is -2.55. The van der Waals surface area contributed by atoms with Crippen LogP contribution in [0.3, 0.4) is 0 Å². The molecule has 0 amide bonds. The SMILES string of the molecule is Fc1ccc(NC(=S)N2CCCC3=C[C@@H]4C[C@H](CN5CCCC[C@H]45)[C@@H]32)cc1Cl. The minimum atomic E-state index is -0.405. The molecule has 3 nitrogen and oxygen atoms in total. The smallest absolute Gasteiger partial charge is 0.173 e. The number of fused-ring (bicyclic) bond motifs is 6. The zero-order valence-corrected chi connectivity index (χ0v) is 17.6. The largest absolute Gasteiger partial charge is 0.342 e. The number of rotatable bonds is 1. The van der Waals surface area contributed by atoms with Crippen molar-refractivity contribution in [3.05, 3.63) is 40.7 Å². The highest BCUT2D eigenvalue weighted by atomic mass is 35.5. The highest BCUT2D eigenvalue weighted by Gasteiger charge is 2.46. The number of anilines is 1. The Hall–Kier alpha value is -1.17. The van der Waals surface area contributed by atoms with Crippen molar-refractivity contribution in [3.63, 3.8) is 0 Å². The van der Waals surface area contributed by atoms with Crippen molar-refractivity contribution in [1.82, 2.24) is 9.80 Å². The molecule has 1 N–H and O–H groups in total. The first-order valence-corrected chi connectivity index (χ1v) is 11.4. The molecule has 3 aliphatic heterocycles. The highest BCUT2D eigenvalue weighted by molar-refractivity contribution is 7.80. The number of hydrogen-bond acceptors (Lipinski definition) is 2. The van der Waals surface area contributed by atoms with Gasteiger partial charge in [0.05, 0.1) is 11.1 Å². The number of piperidine rings is 3. The van der Waals surface area contributed by atoms with Crippen molar-refractivity contribution < 1.29 is 4.39 Å². The minimum absolute atomic E-state index is 0.121. The Labute approximate surface area is 176 Å². The third kappa shape index (κ3) is 3.35. The lowest BCUT2D eigenvalue weighted by atomic mass is 9.68. The summed E-state index contributed by atoms with van der Waals surface area (Å²) in [7, 11) is 0. The molecule has 0 radical (unpaired) electrons. The van der Waals surface area contributed by atoms with Gasteiger partial charge in [0.1, 0.15) is 5.82 Å². The van der Waals surface area contributed by atoms with Gasteiger partial charge in [0, 0.05) is 24.8 Å². The predicted octanol–water partition coefficient (Wildman–Crippen LogP) is 5.07. The average Bonchev–Trinajstić information content (AvgIpc) is 2.70. The highest BCUT2D eigenvalue weighted by Crippen LogP contribution is 2.45. The summed E-state index contributed by atoms with van der Waals surface area (Å²) in [5.41, 5.74) is 2.35. The lowest BCUT2D eigenvalue weighted by molar-refractivity contribution is 0.0132. The van der Waals surface area contributed by atoms with Crippen molar-refractivity contribution in [2.24, 2.45) is 11.8 Å². The van der Waals surface area contributed by atoms with Gasteiger partial charge in [0.2, 0.25) is 0 Å². The Morgan fingerprint density at radius 3 is 2.96 bits per heavy atom. The number of nitrogens with zero attached hydrogens (tertiary/aromatic N) is 2. The first-order valence-electron chi connectivity index (χ1n) is 10.6. The number of nitrogens with one attached hydrogen (secondary N) is 1. The van der Waals surface area contributed by atoms with E-state index >= 15 is 0 Å². The van der Waals surface area contributed by atoms with E-state index in [0.717, 1.165) is 35.7 Å². The second-order valence-electron chi connectivity index (χ2n) is 8.76. The van der Waals surface area contributed by atoms with Gasteiger partial charge in [-0.05, 0) is 80.9 Å². The van der Waals surface area contributed by atoms with Crippen LogP contribution in [0.5, 0.6) is 0 Å². The number of thiocarbonyl (C=S) groups is 1. The van der Waals surface area contributed by atoms with Gasteiger partial charge < -0.3 is 10.2 Å². The van der Waals surface area contributed by atoms with E-state index in [1.54, 1.807) is 17.7 Å². The fourth-order valence-electron chi connectivity index (χ4n) is 5.97. The van der Waals surface area contributed by atoms with E-state index in [1.165, 1.54) is 51.3 Å². The van der Waals surface area contributed by atoms with E-state index in [1.807, 2.05) is 0 Å². The average molecular weight is 420 g/mol. The summed E-state index contributed by atoms with van der Waals surface area (Å²) >= 11 is 11.7. The number of benzene rings is 1. The molecule has 5 rings (SSSR count). The molecular weight excluding hydrogens is 393 g/mol. The maximum atomic E-state index is 13.5. The van der Waals surface area contributed by atoms with Crippen LogP contribution in [-0.2, 0) is 0 Å². The van der Waals surface area contributed by atoms with Gasteiger partial charge in [-0.1, -0.05) is 29.7 Å². The maximum absolute atomic E-state index is 13.5. The molecular formula is C22H27ClFN3S. The summed E-state index contributed by atoms with van der Waals surface area (Å²) in [6, 6.07) is 5.87. The third-order valence-corrected chi connectivity index (χ3v) is 7.72. The van der Waals surface area contributed by atoms with E-state index in [2.05, 4.69) is 21.2 Å². The second kappa shape index (κ2) is 7.58. The Morgan fingerprint density at radius 2 is 2.11 bits per heavy atom. The van der Waals surface area contributed by atoms with Crippen LogP contribution in [0.1, 0.15) is 38.5 Å². The molecule has 4 atom stereocenters. The van der Waals surface area contributed by atoms with Crippen LogP contribution in [-0.4, -0.2) is 46.6 Å². The standard InChI is InChI=1S/C22H27ClFN3S/c23-18-12-17(6-7-19(18)24)25-22(28)27-9-3-4-14-10-15-11-16(21(14)27)13-26-8-2-1-5-20(15)26/h6-7,10,12,15-16,20-21H,1-5,8-9,11,13H2,(H,25,28)/t15-,16-,20-,21-/m1/s1. The summed E-state index contributed by atoms with van der Waals surface area (Å²) in [5, 5.41) is 4.16. The first-order chi connectivity index (χ1) is 13.6. The quantitative estimate of drug-likeness (QED) is 0.505. The second-order valence-corrected chi connectivity index (χ2v) is 9.55. The molecule has 0 saturated carbocycles. The Bertz CT molecular complexity index is 813. The van der Waals surface area contributed by atoms with Gasteiger partial charge in [-0.3, -0.25) is 4.90 Å². The molecule has 28 heavy (non-hydrogen) atoms. The zero-order chi connectivity index (χ0) is 19.3. The monoisotopic (exact) mass is 419 g/mol. The Balaban J connectivity index is 1.38. The van der Waals surface area contributed by atoms with E-state index in [9.17, 15) is 4.39 Å². The summed E-state index contributed by atoms with van der Waals surface area (Å²) < 4.78 is 13.5. The molecule has 3 saturated heterocycles. The molecule has 6 heteroatoms. The molecule has 0 spiro atoms. The molecule has 0 unspecified atom stereocenters. The van der Waals surface area contributed by atoms with E-state index in [4.69, 9.17) is 23.8 Å². The van der Waals surface area contributed by atoms with E-state index in [-0.39, 0.29) is 5.02 Å². The van der Waals surface area contributed by atoms with Gasteiger partial charge in [0.25, 0.3) is 0 Å². The maximum Gasteiger partial charge on any atom is 0.173 e. The van der Waals surface area contributed by atoms with E-state index < -0.39 is 5.82 Å². The summed E-state index contributed by atoms with van der Waals surface area (Å²) in [4.78, 5) is 5.13. The van der Waals surface area contributed by atoms with Crippen LogP contribution in [0.25, 0.3) is 0 Å². The van der Waals surface area contributed by atoms with Gasteiger partial charge in [-0.15, -0.1) is 0 Å². The Morgan fingerprint density at radius 1 is 1.21 bits per heavy atom. The summed E-state index contributed by atoms with van der Waals surface area (Å²) in [6.07, 6.45) is 10.3. The molecule has 1 aromatic rings. The molecule has 1 aromatic carbocycles. The molecule has 150 valence electrons. The van der Waals surface area contributed by atoms with Crippen molar-refractivity contribution in [2.45, 2.75) is 50.6 Å². The van der Waals surface area contributed by atoms with Gasteiger partial charge in [0.15, 0.2) is 5.11 Å². The van der Waals surface area contributed by atoms with Crippen LogP contribution in [0.2, 0.25) is 5.02 Å². The van der Waals surface area contributed by atoms with E-state index in [0.29, 0.717) is 12.0 Å². The molecule has 2 bridgehead atoms. The number of likely N-dealkylation sites (tertiary alicyclic amines) is 1. The Kier molecular flexibility index (Phi) is 5.10. The van der Waals surface area contributed by atoms with Crippen molar-refractivity contribution >= 4 is 34.6 Å². The normalized spacial score (nSPS) is 32.2. The third-order valence-electron chi connectivity index (χ3n) is 7.09. The van der Waals surface area contributed by atoms with Crippen LogP contribution >= 0.6 is 23.8 Å². The lowest BCUT2D eigenvalue weighted by Crippen LogP contribution is -2.60. The summed E-state index contributed by atoms with van der Waals surface area (Å²) in [6.45, 7) is 3.43. The van der Waals surface area contributed by atoms with Gasteiger partial charge in [-0.25, -0.2) is 4.39 Å². The molecule has 4 aliphatic rings. The van der Waals surface area contributed by atoms with Gasteiger partial charge in [-0.2, -0.15) is 0 Å². The molecule has 3 fully saturated rings.